The van der Waals surface area contributed by atoms with Crippen LogP contribution in [0.1, 0.15) is 32.1 Å². The highest BCUT2D eigenvalue weighted by molar-refractivity contribution is 5.49. The average Bonchev–Trinajstić information content (AvgIpc) is 3.23. The van der Waals surface area contributed by atoms with Gasteiger partial charge in [0.2, 0.25) is 0 Å². The molecule has 5 heteroatoms. The molecule has 2 fully saturated rings. The SMILES string of the molecule is OCCC[C@H]1CCN(c2cncc(OC[C@@H]3CCCN3)c2)C1. The standard InChI is InChI=1S/C17H27N3O2/c21-8-2-3-14-5-7-20(12-14)16-9-17(11-18-10-16)22-13-15-4-1-6-19-15/h9-11,14-15,19,21H,1-8,12-13H2/t14-,15-/m0/s1. The fourth-order valence-electron chi connectivity index (χ4n) is 3.44. The van der Waals surface area contributed by atoms with E-state index in [1.807, 2.05) is 6.20 Å². The third-order valence-electron chi connectivity index (χ3n) is 4.73. The molecule has 2 saturated heterocycles. The van der Waals surface area contributed by atoms with Gasteiger partial charge in [-0.1, -0.05) is 0 Å². The van der Waals surface area contributed by atoms with Gasteiger partial charge in [0.25, 0.3) is 0 Å². The lowest BCUT2D eigenvalue weighted by Crippen LogP contribution is -2.28. The van der Waals surface area contributed by atoms with Crippen molar-refractivity contribution in [3.8, 4) is 5.75 Å². The molecule has 1 aromatic rings. The number of aromatic nitrogens is 1. The molecular formula is C17H27N3O2. The summed E-state index contributed by atoms with van der Waals surface area (Å²) >= 11 is 0. The molecule has 0 unspecified atom stereocenters. The Morgan fingerprint density at radius 3 is 3.14 bits per heavy atom. The summed E-state index contributed by atoms with van der Waals surface area (Å²) in [5, 5.41) is 12.4. The maximum atomic E-state index is 8.95. The zero-order valence-corrected chi connectivity index (χ0v) is 13.2. The van der Waals surface area contributed by atoms with Gasteiger partial charge in [0.15, 0.2) is 0 Å². The van der Waals surface area contributed by atoms with Crippen LogP contribution in [0.2, 0.25) is 0 Å². The van der Waals surface area contributed by atoms with Crippen molar-refractivity contribution in [1.29, 1.82) is 0 Å². The van der Waals surface area contributed by atoms with Crippen molar-refractivity contribution in [3.63, 3.8) is 0 Å². The lowest BCUT2D eigenvalue weighted by Gasteiger charge is -2.19. The Balaban J connectivity index is 1.52. The second-order valence-corrected chi connectivity index (χ2v) is 6.45. The first-order valence-electron chi connectivity index (χ1n) is 8.52. The molecule has 0 saturated carbocycles. The van der Waals surface area contributed by atoms with E-state index in [0.717, 1.165) is 50.5 Å². The molecule has 122 valence electrons. The van der Waals surface area contributed by atoms with Crippen LogP contribution in [-0.4, -0.2) is 49.0 Å². The smallest absolute Gasteiger partial charge is 0.139 e. The van der Waals surface area contributed by atoms with Crippen LogP contribution in [-0.2, 0) is 0 Å². The third-order valence-corrected chi connectivity index (χ3v) is 4.73. The van der Waals surface area contributed by atoms with Crippen LogP contribution < -0.4 is 15.0 Å². The van der Waals surface area contributed by atoms with E-state index in [4.69, 9.17) is 9.84 Å². The van der Waals surface area contributed by atoms with Gasteiger partial charge >= 0.3 is 0 Å². The molecule has 0 spiro atoms. The van der Waals surface area contributed by atoms with Crippen LogP contribution in [0.5, 0.6) is 5.75 Å². The molecule has 2 aliphatic rings. The quantitative estimate of drug-likeness (QED) is 0.804. The number of nitrogens with one attached hydrogen (secondary N) is 1. The number of hydrogen-bond donors (Lipinski definition) is 2. The summed E-state index contributed by atoms with van der Waals surface area (Å²) < 4.78 is 5.90. The largest absolute Gasteiger partial charge is 0.490 e. The summed E-state index contributed by atoms with van der Waals surface area (Å²) in [5.41, 5.74) is 1.16. The monoisotopic (exact) mass is 305 g/mol. The van der Waals surface area contributed by atoms with Crippen molar-refractivity contribution in [2.75, 3.05) is 37.7 Å². The number of aliphatic hydroxyl groups excluding tert-OH is 1. The first-order chi connectivity index (χ1) is 10.8. The molecule has 0 aromatic carbocycles. The summed E-state index contributed by atoms with van der Waals surface area (Å²) in [4.78, 5) is 6.72. The number of nitrogens with zero attached hydrogens (tertiary/aromatic N) is 2. The van der Waals surface area contributed by atoms with Crippen molar-refractivity contribution in [2.24, 2.45) is 5.92 Å². The molecule has 22 heavy (non-hydrogen) atoms. The highest BCUT2D eigenvalue weighted by Crippen LogP contribution is 2.28. The summed E-state index contributed by atoms with van der Waals surface area (Å²) in [5.74, 6) is 1.56. The lowest BCUT2D eigenvalue weighted by molar-refractivity contribution is 0.274. The minimum atomic E-state index is 0.302. The Morgan fingerprint density at radius 2 is 2.32 bits per heavy atom. The van der Waals surface area contributed by atoms with E-state index in [2.05, 4.69) is 21.3 Å². The van der Waals surface area contributed by atoms with Crippen LogP contribution in [0.25, 0.3) is 0 Å². The molecule has 1 aromatic heterocycles. The maximum Gasteiger partial charge on any atom is 0.139 e. The van der Waals surface area contributed by atoms with Gasteiger partial charge in [-0.3, -0.25) is 4.98 Å². The van der Waals surface area contributed by atoms with Crippen LogP contribution in [0.3, 0.4) is 0 Å². The minimum Gasteiger partial charge on any atom is -0.490 e. The topological polar surface area (TPSA) is 57.6 Å². The Bertz CT molecular complexity index is 463. The predicted molar refractivity (Wildman–Crippen MR) is 87.4 cm³/mol. The first kappa shape index (κ1) is 15.6. The number of aliphatic hydroxyl groups is 1. The van der Waals surface area contributed by atoms with E-state index in [0.29, 0.717) is 18.6 Å². The van der Waals surface area contributed by atoms with E-state index < -0.39 is 0 Å². The number of ether oxygens (including phenoxy) is 1. The Hall–Kier alpha value is -1.33. The van der Waals surface area contributed by atoms with Crippen LogP contribution in [0, 0.1) is 5.92 Å². The molecule has 2 atom stereocenters. The summed E-state index contributed by atoms with van der Waals surface area (Å²) in [7, 11) is 0. The molecule has 3 rings (SSSR count). The maximum absolute atomic E-state index is 8.95. The highest BCUT2D eigenvalue weighted by Gasteiger charge is 2.23. The van der Waals surface area contributed by atoms with Gasteiger partial charge in [0.1, 0.15) is 12.4 Å². The molecule has 0 bridgehead atoms. The highest BCUT2D eigenvalue weighted by atomic mass is 16.5. The van der Waals surface area contributed by atoms with Gasteiger partial charge in [-0.25, -0.2) is 0 Å². The van der Waals surface area contributed by atoms with Gasteiger partial charge in [-0.2, -0.15) is 0 Å². The van der Waals surface area contributed by atoms with Crippen molar-refractivity contribution < 1.29 is 9.84 Å². The Morgan fingerprint density at radius 1 is 1.36 bits per heavy atom. The van der Waals surface area contributed by atoms with E-state index in [1.165, 1.54) is 19.3 Å². The van der Waals surface area contributed by atoms with Gasteiger partial charge in [-0.15, -0.1) is 0 Å². The van der Waals surface area contributed by atoms with E-state index in [1.54, 1.807) is 6.20 Å². The molecule has 0 amide bonds. The molecule has 0 aliphatic carbocycles. The first-order valence-corrected chi connectivity index (χ1v) is 8.52. The van der Waals surface area contributed by atoms with E-state index in [-0.39, 0.29) is 0 Å². The zero-order chi connectivity index (χ0) is 15.2. The minimum absolute atomic E-state index is 0.302. The number of anilines is 1. The average molecular weight is 305 g/mol. The van der Waals surface area contributed by atoms with Gasteiger partial charge in [0, 0.05) is 31.8 Å². The van der Waals surface area contributed by atoms with Crippen molar-refractivity contribution >= 4 is 5.69 Å². The normalized spacial score (nSPS) is 24.9. The number of hydrogen-bond acceptors (Lipinski definition) is 5. The molecule has 3 heterocycles. The lowest BCUT2D eigenvalue weighted by atomic mass is 10.0. The van der Waals surface area contributed by atoms with Crippen LogP contribution in [0.4, 0.5) is 5.69 Å². The second-order valence-electron chi connectivity index (χ2n) is 6.45. The Kier molecular flexibility index (Phi) is 5.51. The number of rotatable bonds is 7. The molecule has 0 radical (unpaired) electrons. The second kappa shape index (κ2) is 7.79. The van der Waals surface area contributed by atoms with Crippen LogP contribution in [0.15, 0.2) is 18.5 Å². The molecule has 5 nitrogen and oxygen atoms in total. The van der Waals surface area contributed by atoms with Crippen molar-refractivity contribution in [3.05, 3.63) is 18.5 Å². The van der Waals surface area contributed by atoms with Crippen molar-refractivity contribution in [2.45, 2.75) is 38.1 Å². The van der Waals surface area contributed by atoms with Crippen LogP contribution >= 0.6 is 0 Å². The predicted octanol–water partition coefficient (Wildman–Crippen LogP) is 1.81. The molecular weight excluding hydrogens is 278 g/mol. The fraction of sp³-hybridized carbons (Fsp3) is 0.706. The summed E-state index contributed by atoms with van der Waals surface area (Å²) in [6, 6.07) is 2.59. The zero-order valence-electron chi connectivity index (χ0n) is 13.2. The summed E-state index contributed by atoms with van der Waals surface area (Å²) in [6.07, 6.45) is 9.41. The third kappa shape index (κ3) is 4.11. The Labute approximate surface area is 132 Å². The summed E-state index contributed by atoms with van der Waals surface area (Å²) in [6.45, 7) is 4.27. The van der Waals surface area contributed by atoms with Gasteiger partial charge < -0.3 is 20.1 Å². The van der Waals surface area contributed by atoms with E-state index >= 15 is 0 Å². The van der Waals surface area contributed by atoms with E-state index in [9.17, 15) is 0 Å². The number of pyridine rings is 1. The molecule has 2 aliphatic heterocycles. The fourth-order valence-corrected chi connectivity index (χ4v) is 3.44. The van der Waals surface area contributed by atoms with Gasteiger partial charge in [0.05, 0.1) is 18.1 Å². The molecule has 2 N–H and O–H groups in total. The van der Waals surface area contributed by atoms with Gasteiger partial charge in [-0.05, 0) is 44.6 Å². The van der Waals surface area contributed by atoms with Crippen molar-refractivity contribution in [1.82, 2.24) is 10.3 Å².